The summed E-state index contributed by atoms with van der Waals surface area (Å²) in [6, 6.07) is 10.8. The molecular formula is C15H14F2N2O3. The minimum absolute atomic E-state index is 0.0368. The monoisotopic (exact) mass is 308 g/mol. The topological polar surface area (TPSA) is 64.4 Å². The highest BCUT2D eigenvalue weighted by atomic mass is 19.3. The zero-order chi connectivity index (χ0) is 16.1. The molecular weight excluding hydrogens is 294 g/mol. The smallest absolute Gasteiger partial charge is 0.387 e. The molecule has 0 aliphatic heterocycles. The number of rotatable bonds is 6. The number of nitrogens with zero attached hydrogens (tertiary/aromatic N) is 1. The molecule has 22 heavy (non-hydrogen) atoms. The average Bonchev–Trinajstić information content (AvgIpc) is 2.47. The summed E-state index contributed by atoms with van der Waals surface area (Å²) in [6.45, 7) is -0.890. The van der Waals surface area contributed by atoms with Gasteiger partial charge in [0.2, 0.25) is 0 Å². The molecule has 0 aliphatic carbocycles. The Kier molecular flexibility index (Phi) is 4.88. The molecule has 0 saturated carbocycles. The Morgan fingerprint density at radius 3 is 2.68 bits per heavy atom. The quantitative estimate of drug-likeness (QED) is 0.644. The third kappa shape index (κ3) is 3.91. The fourth-order valence-corrected chi connectivity index (χ4v) is 1.97. The number of nitro groups is 1. The van der Waals surface area contributed by atoms with Crippen molar-refractivity contribution in [2.24, 2.45) is 0 Å². The van der Waals surface area contributed by atoms with E-state index < -0.39 is 11.5 Å². The van der Waals surface area contributed by atoms with Crippen LogP contribution >= 0.6 is 0 Å². The van der Waals surface area contributed by atoms with Crippen LogP contribution in [0.3, 0.4) is 0 Å². The number of para-hydroxylation sites is 1. The molecule has 0 saturated heterocycles. The predicted octanol–water partition coefficient (Wildman–Crippen LogP) is 4.12. The first-order valence-electron chi connectivity index (χ1n) is 6.49. The van der Waals surface area contributed by atoms with Gasteiger partial charge in [0.15, 0.2) is 0 Å². The molecule has 0 amide bonds. The maximum atomic E-state index is 12.4. The molecule has 0 atom stereocenters. The summed E-state index contributed by atoms with van der Waals surface area (Å²) in [5.41, 5.74) is 1.89. The number of halogens is 2. The highest BCUT2D eigenvalue weighted by Crippen LogP contribution is 2.25. The number of anilines is 1. The zero-order valence-electron chi connectivity index (χ0n) is 11.8. The number of aryl methyl sites for hydroxylation is 1. The van der Waals surface area contributed by atoms with Gasteiger partial charge in [-0.3, -0.25) is 10.1 Å². The second kappa shape index (κ2) is 6.84. The Hall–Kier alpha value is -2.70. The van der Waals surface area contributed by atoms with Gasteiger partial charge in [0, 0.05) is 29.9 Å². The Bertz CT molecular complexity index is 678. The van der Waals surface area contributed by atoms with Gasteiger partial charge in [-0.2, -0.15) is 8.78 Å². The largest absolute Gasteiger partial charge is 0.434 e. The van der Waals surface area contributed by atoms with Gasteiger partial charge in [0.1, 0.15) is 5.75 Å². The van der Waals surface area contributed by atoms with Crippen molar-refractivity contribution in [1.82, 2.24) is 0 Å². The van der Waals surface area contributed by atoms with E-state index in [9.17, 15) is 18.9 Å². The highest BCUT2D eigenvalue weighted by Gasteiger charge is 2.11. The van der Waals surface area contributed by atoms with E-state index in [1.807, 2.05) is 0 Å². The SMILES string of the molecule is Cc1ccc([N+](=O)[O-])cc1NCc1ccccc1OC(F)F. The van der Waals surface area contributed by atoms with Crippen molar-refractivity contribution in [1.29, 1.82) is 0 Å². The van der Waals surface area contributed by atoms with Crippen molar-refractivity contribution in [3.63, 3.8) is 0 Å². The first-order chi connectivity index (χ1) is 10.5. The maximum Gasteiger partial charge on any atom is 0.387 e. The second-order valence-corrected chi connectivity index (χ2v) is 4.60. The summed E-state index contributed by atoms with van der Waals surface area (Å²) in [5, 5.41) is 13.8. The Morgan fingerprint density at radius 1 is 1.27 bits per heavy atom. The van der Waals surface area contributed by atoms with Crippen LogP contribution in [0.25, 0.3) is 0 Å². The van der Waals surface area contributed by atoms with E-state index in [-0.39, 0.29) is 18.0 Å². The van der Waals surface area contributed by atoms with E-state index in [1.54, 1.807) is 31.2 Å². The van der Waals surface area contributed by atoms with Crippen LogP contribution in [0.5, 0.6) is 5.75 Å². The van der Waals surface area contributed by atoms with Crippen LogP contribution in [0.15, 0.2) is 42.5 Å². The molecule has 2 aromatic rings. The van der Waals surface area contributed by atoms with Crippen molar-refractivity contribution in [2.75, 3.05) is 5.32 Å². The first-order valence-corrected chi connectivity index (χ1v) is 6.49. The lowest BCUT2D eigenvalue weighted by molar-refractivity contribution is -0.384. The molecule has 2 rings (SSSR count). The normalized spacial score (nSPS) is 10.5. The lowest BCUT2D eigenvalue weighted by atomic mass is 10.1. The van der Waals surface area contributed by atoms with Gasteiger partial charge >= 0.3 is 6.61 Å². The Morgan fingerprint density at radius 2 is 2.00 bits per heavy atom. The van der Waals surface area contributed by atoms with Crippen molar-refractivity contribution >= 4 is 11.4 Å². The molecule has 0 heterocycles. The molecule has 2 aromatic carbocycles. The van der Waals surface area contributed by atoms with Crippen molar-refractivity contribution < 1.29 is 18.4 Å². The van der Waals surface area contributed by atoms with E-state index in [1.165, 1.54) is 18.2 Å². The van der Waals surface area contributed by atoms with E-state index >= 15 is 0 Å². The van der Waals surface area contributed by atoms with E-state index in [0.717, 1.165) is 5.56 Å². The number of benzene rings is 2. The fraction of sp³-hybridized carbons (Fsp3) is 0.200. The van der Waals surface area contributed by atoms with Crippen LogP contribution in [0.4, 0.5) is 20.2 Å². The molecule has 0 radical (unpaired) electrons. The number of nitrogens with one attached hydrogen (secondary N) is 1. The third-order valence-corrected chi connectivity index (χ3v) is 3.09. The molecule has 0 aliphatic rings. The number of hydrogen-bond acceptors (Lipinski definition) is 4. The number of ether oxygens (including phenoxy) is 1. The van der Waals surface area contributed by atoms with Crippen molar-refractivity contribution in [2.45, 2.75) is 20.1 Å². The van der Waals surface area contributed by atoms with Crippen LogP contribution in [-0.4, -0.2) is 11.5 Å². The van der Waals surface area contributed by atoms with Crippen LogP contribution in [-0.2, 0) is 6.54 Å². The molecule has 0 bridgehead atoms. The molecule has 7 heteroatoms. The highest BCUT2D eigenvalue weighted by molar-refractivity contribution is 5.57. The Labute approximate surface area is 125 Å². The molecule has 116 valence electrons. The van der Waals surface area contributed by atoms with Gasteiger partial charge in [0.05, 0.1) is 4.92 Å². The van der Waals surface area contributed by atoms with Gasteiger partial charge in [-0.05, 0) is 18.6 Å². The van der Waals surface area contributed by atoms with E-state index in [2.05, 4.69) is 10.1 Å². The fourth-order valence-electron chi connectivity index (χ4n) is 1.97. The minimum atomic E-state index is -2.90. The molecule has 0 fully saturated rings. The van der Waals surface area contributed by atoms with Gasteiger partial charge in [-0.25, -0.2) is 0 Å². The lowest BCUT2D eigenvalue weighted by Crippen LogP contribution is -2.07. The van der Waals surface area contributed by atoms with E-state index in [0.29, 0.717) is 11.3 Å². The summed E-state index contributed by atoms with van der Waals surface area (Å²) in [7, 11) is 0. The summed E-state index contributed by atoms with van der Waals surface area (Å²) >= 11 is 0. The standard InChI is InChI=1S/C15H14F2N2O3/c1-10-6-7-12(19(20)21)8-13(10)18-9-11-4-2-3-5-14(11)22-15(16)17/h2-8,15,18H,9H2,1H3. The zero-order valence-corrected chi connectivity index (χ0v) is 11.8. The summed E-state index contributed by atoms with van der Waals surface area (Å²) < 4.78 is 29.1. The molecule has 0 unspecified atom stereocenters. The summed E-state index contributed by atoms with van der Waals surface area (Å²) in [6.07, 6.45) is 0. The number of alkyl halides is 2. The van der Waals surface area contributed by atoms with Gasteiger partial charge in [-0.1, -0.05) is 24.3 Å². The van der Waals surface area contributed by atoms with Crippen LogP contribution in [0.1, 0.15) is 11.1 Å². The minimum Gasteiger partial charge on any atom is -0.434 e. The van der Waals surface area contributed by atoms with Gasteiger partial charge in [-0.15, -0.1) is 0 Å². The van der Waals surface area contributed by atoms with Crippen LogP contribution in [0.2, 0.25) is 0 Å². The van der Waals surface area contributed by atoms with Gasteiger partial charge in [0.25, 0.3) is 5.69 Å². The first kappa shape index (κ1) is 15.7. The summed E-state index contributed by atoms with van der Waals surface area (Å²) in [4.78, 5) is 10.3. The summed E-state index contributed by atoms with van der Waals surface area (Å²) in [5.74, 6) is 0.0769. The molecule has 0 spiro atoms. The third-order valence-electron chi connectivity index (χ3n) is 3.09. The number of hydrogen-bond donors (Lipinski definition) is 1. The molecule has 0 aromatic heterocycles. The average molecular weight is 308 g/mol. The van der Waals surface area contributed by atoms with Gasteiger partial charge < -0.3 is 10.1 Å². The van der Waals surface area contributed by atoms with Crippen molar-refractivity contribution in [3.05, 3.63) is 63.7 Å². The van der Waals surface area contributed by atoms with E-state index in [4.69, 9.17) is 0 Å². The maximum absolute atomic E-state index is 12.4. The van der Waals surface area contributed by atoms with Crippen molar-refractivity contribution in [3.8, 4) is 5.75 Å². The predicted molar refractivity (Wildman–Crippen MR) is 78.2 cm³/mol. The molecule has 5 nitrogen and oxygen atoms in total. The number of nitro benzene ring substituents is 1. The number of non-ortho nitro benzene ring substituents is 1. The lowest BCUT2D eigenvalue weighted by Gasteiger charge is -2.13. The van der Waals surface area contributed by atoms with Crippen LogP contribution < -0.4 is 10.1 Å². The second-order valence-electron chi connectivity index (χ2n) is 4.60. The molecule has 1 N–H and O–H groups in total. The van der Waals surface area contributed by atoms with Crippen LogP contribution in [0, 0.1) is 17.0 Å². The Balaban J connectivity index is 2.17.